The number of hydrogen-bond donors (Lipinski definition) is 0. The first-order chi connectivity index (χ1) is 10.9. The highest BCUT2D eigenvalue weighted by Crippen LogP contribution is 2.28. The van der Waals surface area contributed by atoms with Crippen LogP contribution in [0, 0.1) is 0 Å². The van der Waals surface area contributed by atoms with Gasteiger partial charge in [-0.25, -0.2) is 0 Å². The van der Waals surface area contributed by atoms with Crippen molar-refractivity contribution in [3.8, 4) is 22.9 Å². The van der Waals surface area contributed by atoms with Gasteiger partial charge in [-0.05, 0) is 36.4 Å². The predicted molar refractivity (Wildman–Crippen MR) is 84.9 cm³/mol. The minimum atomic E-state index is 0.664. The normalized spacial score (nSPS) is 12.0. The average Bonchev–Trinajstić information content (AvgIpc) is 2.64. The first-order valence-corrected chi connectivity index (χ1v) is 7.10. The summed E-state index contributed by atoms with van der Waals surface area (Å²) in [6.07, 6.45) is 3.54. The van der Waals surface area contributed by atoms with Gasteiger partial charge in [0.15, 0.2) is 11.5 Å². The van der Waals surface area contributed by atoms with Crippen LogP contribution in [0.4, 0.5) is 0 Å². The van der Waals surface area contributed by atoms with Crippen LogP contribution in [0.2, 0.25) is 0 Å². The molecule has 0 spiro atoms. The molecule has 3 aromatic rings. The summed E-state index contributed by atoms with van der Waals surface area (Å²) >= 11 is 0. The van der Waals surface area contributed by atoms with Gasteiger partial charge in [-0.3, -0.25) is 9.97 Å². The second-order valence-corrected chi connectivity index (χ2v) is 4.57. The van der Waals surface area contributed by atoms with Gasteiger partial charge >= 0.3 is 0 Å². The molecular weight excluding hydrogens is 276 g/mol. The molecule has 1 aliphatic heterocycles. The summed E-state index contributed by atoms with van der Waals surface area (Å²) in [4.78, 5) is 8.37. The Morgan fingerprint density at radius 2 is 1.05 bits per heavy atom. The van der Waals surface area contributed by atoms with Crippen molar-refractivity contribution >= 4 is 0 Å². The summed E-state index contributed by atoms with van der Waals surface area (Å²) in [5, 5.41) is 0. The van der Waals surface area contributed by atoms with Crippen LogP contribution in [-0.4, -0.2) is 23.2 Å². The highest BCUT2D eigenvalue weighted by atomic mass is 16.6. The summed E-state index contributed by atoms with van der Waals surface area (Å²) in [5.74, 6) is 1.71. The van der Waals surface area contributed by atoms with Crippen LogP contribution in [0.5, 0.6) is 11.5 Å². The minimum Gasteiger partial charge on any atom is -0.486 e. The Kier molecular flexibility index (Phi) is 4.62. The topological polar surface area (TPSA) is 44.2 Å². The van der Waals surface area contributed by atoms with Crippen molar-refractivity contribution in [1.29, 1.82) is 0 Å². The molecule has 1 aromatic carbocycles. The molecule has 22 heavy (non-hydrogen) atoms. The van der Waals surface area contributed by atoms with Gasteiger partial charge in [-0.1, -0.05) is 24.3 Å². The lowest BCUT2D eigenvalue weighted by molar-refractivity contribution is 0.171. The van der Waals surface area contributed by atoms with Crippen molar-refractivity contribution < 1.29 is 9.47 Å². The van der Waals surface area contributed by atoms with Crippen molar-refractivity contribution in [2.75, 3.05) is 13.2 Å². The zero-order valence-electron chi connectivity index (χ0n) is 12.1. The highest BCUT2D eigenvalue weighted by Gasteiger charge is 2.07. The van der Waals surface area contributed by atoms with Crippen LogP contribution in [0.3, 0.4) is 0 Å². The van der Waals surface area contributed by atoms with E-state index < -0.39 is 0 Å². The van der Waals surface area contributed by atoms with Crippen molar-refractivity contribution in [2.24, 2.45) is 0 Å². The third-order valence-corrected chi connectivity index (χ3v) is 3.04. The van der Waals surface area contributed by atoms with E-state index in [4.69, 9.17) is 9.47 Å². The number of benzene rings is 1. The Morgan fingerprint density at radius 1 is 0.591 bits per heavy atom. The van der Waals surface area contributed by atoms with E-state index >= 15 is 0 Å². The summed E-state index contributed by atoms with van der Waals surface area (Å²) in [5.41, 5.74) is 1.83. The smallest absolute Gasteiger partial charge is 0.161 e. The summed E-state index contributed by atoms with van der Waals surface area (Å²) in [7, 11) is 0. The number of pyridine rings is 2. The molecule has 0 fully saturated rings. The molecule has 3 heterocycles. The van der Waals surface area contributed by atoms with E-state index in [1.807, 2.05) is 60.7 Å². The molecule has 0 amide bonds. The Labute approximate surface area is 129 Å². The summed E-state index contributed by atoms with van der Waals surface area (Å²) in [6.45, 7) is 1.33. The van der Waals surface area contributed by atoms with Crippen molar-refractivity contribution in [1.82, 2.24) is 9.97 Å². The first kappa shape index (κ1) is 14.1. The fourth-order valence-corrected chi connectivity index (χ4v) is 2.02. The molecule has 1 aliphatic rings. The fraction of sp³-hybridized carbons (Fsp3) is 0.111. The minimum absolute atomic E-state index is 0.664. The van der Waals surface area contributed by atoms with Gasteiger partial charge in [0.05, 0.1) is 11.4 Å². The SMILES string of the molecule is c1ccc(-c2ccccn2)nc1.c1ccc2c(c1)OCCO2. The first-order valence-electron chi connectivity index (χ1n) is 7.10. The van der Waals surface area contributed by atoms with E-state index in [-0.39, 0.29) is 0 Å². The van der Waals surface area contributed by atoms with Crippen LogP contribution in [0.15, 0.2) is 73.1 Å². The monoisotopic (exact) mass is 292 g/mol. The van der Waals surface area contributed by atoms with E-state index in [1.165, 1.54) is 0 Å². The number of aromatic nitrogens is 2. The Hall–Kier alpha value is -2.88. The molecule has 4 nitrogen and oxygen atoms in total. The van der Waals surface area contributed by atoms with E-state index in [0.717, 1.165) is 22.9 Å². The molecule has 4 heteroatoms. The van der Waals surface area contributed by atoms with Crippen LogP contribution in [-0.2, 0) is 0 Å². The van der Waals surface area contributed by atoms with Crippen LogP contribution in [0.25, 0.3) is 11.4 Å². The van der Waals surface area contributed by atoms with Gasteiger partial charge in [0.2, 0.25) is 0 Å². The standard InChI is InChI=1S/C10H8N2.C8H8O2/c1-3-7-11-9(5-1)10-6-2-4-8-12-10;1-2-4-8-7(3-1)9-5-6-10-8/h1-8H;1-4H,5-6H2. The molecule has 0 unspecified atom stereocenters. The zero-order chi connectivity index (χ0) is 15.0. The number of fused-ring (bicyclic) bond motifs is 1. The van der Waals surface area contributed by atoms with Crippen LogP contribution in [0.1, 0.15) is 0 Å². The molecular formula is C18H16N2O2. The summed E-state index contributed by atoms with van der Waals surface area (Å²) in [6, 6.07) is 19.3. The molecule has 0 saturated carbocycles. The average molecular weight is 292 g/mol. The second kappa shape index (κ2) is 7.22. The number of ether oxygens (including phenoxy) is 2. The lowest BCUT2D eigenvalue weighted by atomic mass is 10.2. The largest absolute Gasteiger partial charge is 0.486 e. The number of para-hydroxylation sites is 2. The Balaban J connectivity index is 0.000000133. The maximum atomic E-state index is 5.30. The molecule has 4 rings (SSSR count). The Bertz CT molecular complexity index is 640. The van der Waals surface area contributed by atoms with Crippen LogP contribution >= 0.6 is 0 Å². The lowest BCUT2D eigenvalue weighted by Crippen LogP contribution is -2.14. The lowest BCUT2D eigenvalue weighted by Gasteiger charge is -2.17. The number of hydrogen-bond acceptors (Lipinski definition) is 4. The molecule has 0 bridgehead atoms. The maximum absolute atomic E-state index is 5.30. The zero-order valence-corrected chi connectivity index (χ0v) is 12.1. The molecule has 110 valence electrons. The highest BCUT2D eigenvalue weighted by molar-refractivity contribution is 5.52. The third-order valence-electron chi connectivity index (χ3n) is 3.04. The second-order valence-electron chi connectivity index (χ2n) is 4.57. The van der Waals surface area contributed by atoms with Gasteiger partial charge in [0, 0.05) is 12.4 Å². The molecule has 0 saturated heterocycles. The number of rotatable bonds is 1. The quantitative estimate of drug-likeness (QED) is 0.687. The van der Waals surface area contributed by atoms with Gasteiger partial charge in [-0.15, -0.1) is 0 Å². The van der Waals surface area contributed by atoms with Gasteiger partial charge in [-0.2, -0.15) is 0 Å². The number of nitrogens with zero attached hydrogens (tertiary/aromatic N) is 2. The fourth-order valence-electron chi connectivity index (χ4n) is 2.02. The predicted octanol–water partition coefficient (Wildman–Crippen LogP) is 3.60. The molecule has 2 aromatic heterocycles. The van der Waals surface area contributed by atoms with Gasteiger partial charge < -0.3 is 9.47 Å². The molecule has 0 N–H and O–H groups in total. The van der Waals surface area contributed by atoms with Gasteiger partial charge in [0.25, 0.3) is 0 Å². The van der Waals surface area contributed by atoms with Crippen LogP contribution < -0.4 is 9.47 Å². The van der Waals surface area contributed by atoms with Crippen molar-refractivity contribution in [2.45, 2.75) is 0 Å². The molecule has 0 radical (unpaired) electrons. The van der Waals surface area contributed by atoms with E-state index in [2.05, 4.69) is 9.97 Å². The van der Waals surface area contributed by atoms with Gasteiger partial charge in [0.1, 0.15) is 13.2 Å². The third kappa shape index (κ3) is 3.61. The van der Waals surface area contributed by atoms with Crippen molar-refractivity contribution in [3.05, 3.63) is 73.1 Å². The Morgan fingerprint density at radius 3 is 1.45 bits per heavy atom. The van der Waals surface area contributed by atoms with E-state index in [9.17, 15) is 0 Å². The van der Waals surface area contributed by atoms with E-state index in [0.29, 0.717) is 13.2 Å². The van der Waals surface area contributed by atoms with Crippen molar-refractivity contribution in [3.63, 3.8) is 0 Å². The molecule has 0 aliphatic carbocycles. The van der Waals surface area contributed by atoms with E-state index in [1.54, 1.807) is 12.4 Å². The maximum Gasteiger partial charge on any atom is 0.161 e. The molecule has 0 atom stereocenters. The summed E-state index contributed by atoms with van der Waals surface area (Å²) < 4.78 is 10.6.